The fourth-order valence-corrected chi connectivity index (χ4v) is 3.69. The van der Waals surface area contributed by atoms with Crippen molar-refractivity contribution in [2.75, 3.05) is 5.32 Å². The van der Waals surface area contributed by atoms with Crippen LogP contribution in [0.15, 0.2) is 24.3 Å². The van der Waals surface area contributed by atoms with Gasteiger partial charge in [-0.25, -0.2) is 4.39 Å². The summed E-state index contributed by atoms with van der Waals surface area (Å²) in [5, 5.41) is 11.9. The summed E-state index contributed by atoms with van der Waals surface area (Å²) >= 11 is 1.27. The van der Waals surface area contributed by atoms with E-state index in [2.05, 4.69) is 15.5 Å². The Hall–Kier alpha value is -1.57. The van der Waals surface area contributed by atoms with Gasteiger partial charge in [-0.2, -0.15) is 0 Å². The lowest BCUT2D eigenvalue weighted by Crippen LogP contribution is -2.28. The molecule has 1 saturated carbocycles. The molecule has 1 aliphatic rings. The van der Waals surface area contributed by atoms with Crippen LogP contribution in [-0.2, 0) is 11.2 Å². The lowest BCUT2D eigenvalue weighted by Gasteiger charge is -2.13. The van der Waals surface area contributed by atoms with Crippen molar-refractivity contribution in [3.63, 3.8) is 0 Å². The molecule has 130 valence electrons. The third kappa shape index (κ3) is 4.72. The Morgan fingerprint density at radius 2 is 2.12 bits per heavy atom. The fourth-order valence-electron chi connectivity index (χ4n) is 2.91. The summed E-state index contributed by atoms with van der Waals surface area (Å²) in [5.74, 6) is -0.0924. The molecule has 1 fully saturated rings. The number of nitrogens with two attached hydrogens (primary N) is 1. The van der Waals surface area contributed by atoms with Gasteiger partial charge in [0, 0.05) is 18.9 Å². The zero-order chi connectivity index (χ0) is 16.2. The first-order valence-electron chi connectivity index (χ1n) is 7.73. The quantitative estimate of drug-likeness (QED) is 0.847. The summed E-state index contributed by atoms with van der Waals surface area (Å²) in [4.78, 5) is 12.0. The molecule has 1 aliphatic carbocycles. The number of carbonyl (C=O) groups excluding carboxylic acids is 1. The number of aromatic nitrogens is 2. The topological polar surface area (TPSA) is 80.9 Å². The molecule has 0 aliphatic heterocycles. The Kier molecular flexibility index (Phi) is 6.65. The first kappa shape index (κ1) is 18.8. The minimum atomic E-state index is -0.261. The van der Waals surface area contributed by atoms with E-state index >= 15 is 0 Å². The van der Waals surface area contributed by atoms with Crippen LogP contribution in [0.2, 0.25) is 0 Å². The van der Waals surface area contributed by atoms with E-state index in [9.17, 15) is 9.18 Å². The van der Waals surface area contributed by atoms with Crippen LogP contribution in [-0.4, -0.2) is 22.1 Å². The Bertz CT molecular complexity index is 696. The number of carbonyl (C=O) groups is 1. The molecule has 24 heavy (non-hydrogen) atoms. The minimum absolute atomic E-state index is 0. The van der Waals surface area contributed by atoms with Gasteiger partial charge in [-0.15, -0.1) is 22.6 Å². The summed E-state index contributed by atoms with van der Waals surface area (Å²) in [7, 11) is 0. The molecule has 0 unspecified atom stereocenters. The molecule has 0 saturated heterocycles. The highest BCUT2D eigenvalue weighted by Gasteiger charge is 2.26. The molecule has 3 rings (SSSR count). The average molecular weight is 371 g/mol. The van der Waals surface area contributed by atoms with Gasteiger partial charge in [0.05, 0.1) is 0 Å². The molecule has 3 N–H and O–H groups in total. The van der Waals surface area contributed by atoms with Gasteiger partial charge < -0.3 is 11.1 Å². The van der Waals surface area contributed by atoms with Crippen molar-refractivity contribution in [2.45, 2.75) is 38.1 Å². The highest BCUT2D eigenvalue weighted by molar-refractivity contribution is 7.15. The highest BCUT2D eigenvalue weighted by atomic mass is 35.5. The Morgan fingerprint density at radius 1 is 1.33 bits per heavy atom. The van der Waals surface area contributed by atoms with Crippen molar-refractivity contribution in [2.24, 2.45) is 11.7 Å². The largest absolute Gasteiger partial charge is 0.327 e. The molecular formula is C16H20ClFN4OS. The van der Waals surface area contributed by atoms with Crippen molar-refractivity contribution in [1.29, 1.82) is 0 Å². The summed E-state index contributed by atoms with van der Waals surface area (Å²) in [6.07, 6.45) is 3.87. The van der Waals surface area contributed by atoms with Crippen LogP contribution in [0, 0.1) is 11.7 Å². The van der Waals surface area contributed by atoms with Crippen LogP contribution in [0.4, 0.5) is 9.52 Å². The standard InChI is InChI=1S/C16H19FN4OS.ClH/c17-12-6-2-1-4-10(12)9-15-20-21-16(23-15)19-14(22)8-11-5-3-7-13(11)18;/h1-2,4,6,11,13H,3,5,7-9,18H2,(H,19,21,22);1H/t11-,13+;/m0./s1. The molecule has 2 atom stereocenters. The van der Waals surface area contributed by atoms with Crippen LogP contribution >= 0.6 is 23.7 Å². The molecule has 1 aromatic carbocycles. The number of hydrogen-bond acceptors (Lipinski definition) is 5. The van der Waals surface area contributed by atoms with E-state index in [4.69, 9.17) is 5.73 Å². The predicted molar refractivity (Wildman–Crippen MR) is 94.9 cm³/mol. The number of halogens is 2. The zero-order valence-electron chi connectivity index (χ0n) is 13.1. The molecule has 1 amide bonds. The van der Waals surface area contributed by atoms with Crippen molar-refractivity contribution in [1.82, 2.24) is 10.2 Å². The zero-order valence-corrected chi connectivity index (χ0v) is 14.7. The average Bonchev–Trinajstić information content (AvgIpc) is 3.11. The molecule has 1 aromatic heterocycles. The molecule has 1 heterocycles. The summed E-state index contributed by atoms with van der Waals surface area (Å²) in [6.45, 7) is 0. The van der Waals surface area contributed by atoms with Gasteiger partial charge in [0.1, 0.15) is 10.8 Å². The van der Waals surface area contributed by atoms with Crippen molar-refractivity contribution < 1.29 is 9.18 Å². The van der Waals surface area contributed by atoms with E-state index in [1.165, 1.54) is 17.4 Å². The number of nitrogens with one attached hydrogen (secondary N) is 1. The van der Waals surface area contributed by atoms with Gasteiger partial charge in [0.2, 0.25) is 11.0 Å². The molecule has 5 nitrogen and oxygen atoms in total. The Morgan fingerprint density at radius 3 is 2.83 bits per heavy atom. The summed E-state index contributed by atoms with van der Waals surface area (Å²) < 4.78 is 13.6. The number of hydrogen-bond donors (Lipinski definition) is 2. The molecule has 2 aromatic rings. The smallest absolute Gasteiger partial charge is 0.226 e. The Balaban J connectivity index is 0.00000208. The van der Waals surface area contributed by atoms with Crippen molar-refractivity contribution >= 4 is 34.8 Å². The number of benzene rings is 1. The lowest BCUT2D eigenvalue weighted by molar-refractivity contribution is -0.117. The monoisotopic (exact) mass is 370 g/mol. The molecule has 0 spiro atoms. The molecule has 0 bridgehead atoms. The second-order valence-electron chi connectivity index (χ2n) is 5.88. The first-order chi connectivity index (χ1) is 11.1. The minimum Gasteiger partial charge on any atom is -0.327 e. The number of rotatable bonds is 5. The SMILES string of the molecule is Cl.N[C@@H]1CCC[C@H]1CC(=O)Nc1nnc(Cc2ccccc2F)s1. The second-order valence-corrected chi connectivity index (χ2v) is 6.94. The van der Waals surface area contributed by atoms with Crippen molar-refractivity contribution in [3.8, 4) is 0 Å². The van der Waals surface area contributed by atoms with E-state index in [0.29, 0.717) is 28.5 Å². The number of anilines is 1. The third-order valence-electron chi connectivity index (χ3n) is 4.18. The molecular weight excluding hydrogens is 351 g/mol. The van der Waals surface area contributed by atoms with E-state index < -0.39 is 0 Å². The van der Waals surface area contributed by atoms with Gasteiger partial charge in [-0.05, 0) is 30.4 Å². The third-order valence-corrected chi connectivity index (χ3v) is 5.02. The van der Waals surface area contributed by atoms with Crippen LogP contribution in [0.5, 0.6) is 0 Å². The summed E-state index contributed by atoms with van der Waals surface area (Å²) in [6, 6.07) is 6.69. The van der Waals surface area contributed by atoms with Gasteiger partial charge in [-0.3, -0.25) is 4.79 Å². The van der Waals surface area contributed by atoms with Gasteiger partial charge in [0.25, 0.3) is 0 Å². The first-order valence-corrected chi connectivity index (χ1v) is 8.54. The number of nitrogens with zero attached hydrogens (tertiary/aromatic N) is 2. The van der Waals surface area contributed by atoms with E-state index in [0.717, 1.165) is 19.3 Å². The van der Waals surface area contributed by atoms with Crippen LogP contribution in [0.25, 0.3) is 0 Å². The fraction of sp³-hybridized carbons (Fsp3) is 0.438. The second kappa shape index (κ2) is 8.50. The number of amides is 1. The lowest BCUT2D eigenvalue weighted by atomic mass is 10.00. The normalized spacial score (nSPS) is 19.8. The van der Waals surface area contributed by atoms with Gasteiger partial charge in [0.15, 0.2) is 0 Å². The molecule has 0 radical (unpaired) electrons. The summed E-state index contributed by atoms with van der Waals surface area (Å²) in [5.41, 5.74) is 6.55. The maximum atomic E-state index is 13.6. The van der Waals surface area contributed by atoms with Crippen molar-refractivity contribution in [3.05, 3.63) is 40.7 Å². The van der Waals surface area contributed by atoms with Crippen LogP contribution < -0.4 is 11.1 Å². The van der Waals surface area contributed by atoms with E-state index in [1.54, 1.807) is 18.2 Å². The van der Waals surface area contributed by atoms with E-state index in [1.807, 2.05) is 0 Å². The maximum absolute atomic E-state index is 13.6. The molecule has 8 heteroatoms. The van der Waals surface area contributed by atoms with Gasteiger partial charge in [-0.1, -0.05) is 36.0 Å². The Labute approximate surface area is 150 Å². The highest BCUT2D eigenvalue weighted by Crippen LogP contribution is 2.27. The maximum Gasteiger partial charge on any atom is 0.226 e. The van der Waals surface area contributed by atoms with E-state index in [-0.39, 0.29) is 36.1 Å². The van der Waals surface area contributed by atoms with Gasteiger partial charge >= 0.3 is 0 Å². The van der Waals surface area contributed by atoms with Crippen LogP contribution in [0.3, 0.4) is 0 Å². The predicted octanol–water partition coefficient (Wildman–Crippen LogP) is 3.15. The van der Waals surface area contributed by atoms with Crippen LogP contribution in [0.1, 0.15) is 36.3 Å².